The maximum Gasteiger partial charge on any atom is 0.255 e. The smallest absolute Gasteiger partial charge is 0.255 e. The first-order valence-corrected chi connectivity index (χ1v) is 9.28. The molecule has 5 heteroatoms. The Morgan fingerprint density at radius 3 is 2.54 bits per heavy atom. The van der Waals surface area contributed by atoms with E-state index in [-0.39, 0.29) is 24.3 Å². The summed E-state index contributed by atoms with van der Waals surface area (Å²) in [5, 5.41) is 2.82. The van der Waals surface area contributed by atoms with E-state index in [1.165, 1.54) is 0 Å². The van der Waals surface area contributed by atoms with E-state index in [0.29, 0.717) is 17.9 Å². The Morgan fingerprint density at radius 2 is 1.82 bits per heavy atom. The van der Waals surface area contributed by atoms with Crippen LogP contribution in [0.25, 0.3) is 0 Å². The van der Waals surface area contributed by atoms with Crippen molar-refractivity contribution in [2.45, 2.75) is 25.9 Å². The van der Waals surface area contributed by atoms with Crippen molar-refractivity contribution in [2.75, 3.05) is 5.32 Å². The number of nitrogens with zero attached hydrogens (tertiary/aromatic N) is 2. The van der Waals surface area contributed by atoms with Crippen LogP contribution < -0.4 is 5.32 Å². The average Bonchev–Trinajstić information content (AvgIpc) is 3.04. The molecule has 2 aromatic carbocycles. The van der Waals surface area contributed by atoms with E-state index >= 15 is 0 Å². The second-order valence-corrected chi connectivity index (χ2v) is 6.98. The van der Waals surface area contributed by atoms with Gasteiger partial charge in [0.05, 0.1) is 12.5 Å². The monoisotopic (exact) mass is 371 g/mol. The molecule has 0 bridgehead atoms. The highest BCUT2D eigenvalue weighted by atomic mass is 16.2. The molecule has 0 fully saturated rings. The molecule has 1 unspecified atom stereocenters. The molecular formula is C23H21N3O2. The van der Waals surface area contributed by atoms with Crippen LogP contribution in [0.4, 0.5) is 5.82 Å². The summed E-state index contributed by atoms with van der Waals surface area (Å²) in [5.74, 6) is 0.297. The van der Waals surface area contributed by atoms with Crippen LogP contribution in [0.15, 0.2) is 72.9 Å². The summed E-state index contributed by atoms with van der Waals surface area (Å²) in [6.45, 7) is 2.52. The summed E-state index contributed by atoms with van der Waals surface area (Å²) in [6.07, 6.45) is 1.80. The summed E-state index contributed by atoms with van der Waals surface area (Å²) in [4.78, 5) is 31.6. The number of fused-ring (bicyclic) bond motifs is 1. The zero-order valence-corrected chi connectivity index (χ0v) is 15.6. The van der Waals surface area contributed by atoms with E-state index in [2.05, 4.69) is 10.3 Å². The summed E-state index contributed by atoms with van der Waals surface area (Å²) >= 11 is 0. The number of rotatable bonds is 5. The summed E-state index contributed by atoms with van der Waals surface area (Å²) < 4.78 is 0. The maximum atomic E-state index is 13.0. The van der Waals surface area contributed by atoms with Crippen LogP contribution in [0.5, 0.6) is 0 Å². The number of benzene rings is 2. The molecule has 3 aromatic rings. The molecule has 140 valence electrons. The SMILES string of the molecule is Cc1ccc(C(CC(=O)Nc2ccccn2)N2Cc3ccccc3C2=O)cc1. The number of aryl methyl sites for hydroxylation is 1. The number of hydrogen-bond acceptors (Lipinski definition) is 3. The predicted octanol–water partition coefficient (Wildman–Crippen LogP) is 4.12. The van der Waals surface area contributed by atoms with Gasteiger partial charge in [0.2, 0.25) is 5.91 Å². The van der Waals surface area contributed by atoms with Gasteiger partial charge >= 0.3 is 0 Å². The Morgan fingerprint density at radius 1 is 1.07 bits per heavy atom. The summed E-state index contributed by atoms with van der Waals surface area (Å²) in [5.41, 5.74) is 3.79. The van der Waals surface area contributed by atoms with E-state index in [4.69, 9.17) is 0 Å². The standard InChI is InChI=1S/C23H21N3O2/c1-16-9-11-17(12-10-16)20(14-22(27)25-21-8-4-5-13-24-21)26-15-18-6-2-3-7-19(18)23(26)28/h2-13,20H,14-15H2,1H3,(H,24,25,27). The Hall–Kier alpha value is -3.47. The van der Waals surface area contributed by atoms with E-state index in [0.717, 1.165) is 16.7 Å². The second-order valence-electron chi connectivity index (χ2n) is 6.98. The zero-order chi connectivity index (χ0) is 19.5. The first-order valence-electron chi connectivity index (χ1n) is 9.28. The topological polar surface area (TPSA) is 62.3 Å². The summed E-state index contributed by atoms with van der Waals surface area (Å²) in [6, 6.07) is 20.6. The van der Waals surface area contributed by atoms with E-state index in [1.54, 1.807) is 23.2 Å². The Balaban J connectivity index is 1.61. The van der Waals surface area contributed by atoms with Gasteiger partial charge in [-0.15, -0.1) is 0 Å². The molecule has 2 heterocycles. The maximum absolute atomic E-state index is 13.0. The van der Waals surface area contributed by atoms with Crippen LogP contribution in [0.1, 0.15) is 39.5 Å². The fourth-order valence-electron chi connectivity index (χ4n) is 3.53. The lowest BCUT2D eigenvalue weighted by Crippen LogP contribution is -2.32. The zero-order valence-electron chi connectivity index (χ0n) is 15.6. The molecule has 0 saturated carbocycles. The van der Waals surface area contributed by atoms with Gasteiger partial charge in [0.15, 0.2) is 0 Å². The van der Waals surface area contributed by atoms with Gasteiger partial charge in [-0.25, -0.2) is 4.98 Å². The van der Waals surface area contributed by atoms with E-state index < -0.39 is 0 Å². The number of carbonyl (C=O) groups is 2. The van der Waals surface area contributed by atoms with Crippen molar-refractivity contribution in [1.29, 1.82) is 0 Å². The molecule has 0 radical (unpaired) electrons. The molecule has 0 saturated heterocycles. The van der Waals surface area contributed by atoms with Crippen molar-refractivity contribution in [1.82, 2.24) is 9.88 Å². The fourth-order valence-corrected chi connectivity index (χ4v) is 3.53. The molecule has 1 aliphatic rings. The lowest BCUT2D eigenvalue weighted by atomic mass is 10.00. The van der Waals surface area contributed by atoms with Crippen LogP contribution in [0.3, 0.4) is 0 Å². The molecular weight excluding hydrogens is 350 g/mol. The number of anilines is 1. The van der Waals surface area contributed by atoms with Crippen molar-refractivity contribution in [2.24, 2.45) is 0 Å². The highest BCUT2D eigenvalue weighted by Crippen LogP contribution is 2.33. The molecule has 2 amide bonds. The number of pyridine rings is 1. The minimum Gasteiger partial charge on any atom is -0.327 e. The molecule has 4 rings (SSSR count). The number of hydrogen-bond donors (Lipinski definition) is 1. The van der Waals surface area contributed by atoms with Gasteiger partial charge in [-0.05, 0) is 36.2 Å². The Kier molecular flexibility index (Phi) is 4.89. The molecule has 0 spiro atoms. The Labute approximate surface area is 164 Å². The van der Waals surface area contributed by atoms with Crippen molar-refractivity contribution in [3.05, 3.63) is 95.2 Å². The molecule has 1 aromatic heterocycles. The third kappa shape index (κ3) is 3.64. The minimum atomic E-state index is -0.343. The molecule has 5 nitrogen and oxygen atoms in total. The summed E-state index contributed by atoms with van der Waals surface area (Å²) in [7, 11) is 0. The molecule has 1 N–H and O–H groups in total. The molecule has 28 heavy (non-hydrogen) atoms. The van der Waals surface area contributed by atoms with Crippen molar-refractivity contribution in [3.63, 3.8) is 0 Å². The third-order valence-corrected chi connectivity index (χ3v) is 5.00. The minimum absolute atomic E-state index is 0.0354. The Bertz CT molecular complexity index is 1000. The molecule has 1 atom stereocenters. The van der Waals surface area contributed by atoms with Crippen molar-refractivity contribution < 1.29 is 9.59 Å². The number of carbonyl (C=O) groups excluding carboxylic acids is 2. The van der Waals surface area contributed by atoms with Crippen LogP contribution in [0.2, 0.25) is 0 Å². The van der Waals surface area contributed by atoms with Gasteiger partial charge in [-0.1, -0.05) is 54.1 Å². The van der Waals surface area contributed by atoms with Gasteiger partial charge in [-0.3, -0.25) is 9.59 Å². The van der Waals surface area contributed by atoms with Crippen LogP contribution in [0, 0.1) is 6.92 Å². The average molecular weight is 371 g/mol. The van der Waals surface area contributed by atoms with Crippen LogP contribution >= 0.6 is 0 Å². The van der Waals surface area contributed by atoms with E-state index in [9.17, 15) is 9.59 Å². The predicted molar refractivity (Wildman–Crippen MR) is 108 cm³/mol. The second kappa shape index (κ2) is 7.64. The first-order chi connectivity index (χ1) is 13.6. The number of aromatic nitrogens is 1. The first kappa shape index (κ1) is 17.9. The van der Waals surface area contributed by atoms with Crippen LogP contribution in [-0.4, -0.2) is 21.7 Å². The van der Waals surface area contributed by atoms with Crippen LogP contribution in [-0.2, 0) is 11.3 Å². The lowest BCUT2D eigenvalue weighted by Gasteiger charge is -2.28. The number of amides is 2. The highest BCUT2D eigenvalue weighted by molar-refractivity contribution is 5.99. The quantitative estimate of drug-likeness (QED) is 0.734. The van der Waals surface area contributed by atoms with Crippen molar-refractivity contribution in [3.8, 4) is 0 Å². The molecule has 0 aliphatic carbocycles. The normalized spacial score (nSPS) is 13.9. The van der Waals surface area contributed by atoms with E-state index in [1.807, 2.05) is 61.5 Å². The highest BCUT2D eigenvalue weighted by Gasteiger charge is 2.34. The van der Waals surface area contributed by atoms with Gasteiger partial charge < -0.3 is 10.2 Å². The van der Waals surface area contributed by atoms with Crippen molar-refractivity contribution >= 4 is 17.6 Å². The third-order valence-electron chi connectivity index (χ3n) is 5.00. The van der Waals surface area contributed by atoms with Gasteiger partial charge in [0.25, 0.3) is 5.91 Å². The van der Waals surface area contributed by atoms with Gasteiger partial charge in [0, 0.05) is 18.3 Å². The largest absolute Gasteiger partial charge is 0.327 e. The van der Waals surface area contributed by atoms with Gasteiger partial charge in [0.1, 0.15) is 5.82 Å². The fraction of sp³-hybridized carbons (Fsp3) is 0.174. The number of nitrogens with one attached hydrogen (secondary N) is 1. The van der Waals surface area contributed by atoms with Gasteiger partial charge in [-0.2, -0.15) is 0 Å². The molecule has 1 aliphatic heterocycles. The lowest BCUT2D eigenvalue weighted by molar-refractivity contribution is -0.117.